The lowest BCUT2D eigenvalue weighted by atomic mass is 10.0. The van der Waals surface area contributed by atoms with Gasteiger partial charge in [-0.25, -0.2) is 0 Å². The Labute approximate surface area is 135 Å². The van der Waals surface area contributed by atoms with E-state index in [1.54, 1.807) is 0 Å². The summed E-state index contributed by atoms with van der Waals surface area (Å²) in [5.41, 5.74) is 2.64. The Morgan fingerprint density at radius 1 is 1.22 bits per heavy atom. The molecule has 0 aliphatic heterocycles. The van der Waals surface area contributed by atoms with Crippen LogP contribution in [0.4, 0.5) is 0 Å². The van der Waals surface area contributed by atoms with Crippen LogP contribution in [0.25, 0.3) is 10.9 Å². The van der Waals surface area contributed by atoms with Gasteiger partial charge in [0.05, 0.1) is 17.2 Å². The molecule has 0 spiro atoms. The molecule has 4 rings (SSSR count). The molecular weight excluding hydrogens is 288 g/mol. The predicted octanol–water partition coefficient (Wildman–Crippen LogP) is 3.00. The van der Waals surface area contributed by atoms with Crippen molar-refractivity contribution in [1.82, 2.24) is 10.3 Å². The molecule has 2 aromatic rings. The maximum atomic E-state index is 12.7. The van der Waals surface area contributed by atoms with Gasteiger partial charge in [0.15, 0.2) is 0 Å². The molecule has 1 aromatic heterocycles. The van der Waals surface area contributed by atoms with Crippen molar-refractivity contribution in [3.05, 3.63) is 41.6 Å². The Morgan fingerprint density at radius 3 is 2.78 bits per heavy atom. The number of pyridine rings is 1. The van der Waals surface area contributed by atoms with Crippen LogP contribution in [0, 0.1) is 5.92 Å². The van der Waals surface area contributed by atoms with E-state index in [-0.39, 0.29) is 17.9 Å². The summed E-state index contributed by atoms with van der Waals surface area (Å²) in [6, 6.07) is 9.79. The zero-order chi connectivity index (χ0) is 15.8. The molecule has 0 bridgehead atoms. The van der Waals surface area contributed by atoms with Crippen LogP contribution in [0.15, 0.2) is 30.3 Å². The van der Waals surface area contributed by atoms with Gasteiger partial charge in [-0.2, -0.15) is 0 Å². The molecule has 2 saturated carbocycles. The summed E-state index contributed by atoms with van der Waals surface area (Å²) in [4.78, 5) is 17.4. The van der Waals surface area contributed by atoms with Crippen LogP contribution in [0.5, 0.6) is 0 Å². The summed E-state index contributed by atoms with van der Waals surface area (Å²) in [5, 5.41) is 13.8. The number of aliphatic hydroxyl groups excluding tert-OH is 1. The number of amides is 1. The highest BCUT2D eigenvalue weighted by Gasteiger charge is 2.28. The lowest BCUT2D eigenvalue weighted by molar-refractivity contribution is 0.0918. The molecule has 1 aromatic carbocycles. The van der Waals surface area contributed by atoms with Gasteiger partial charge in [0, 0.05) is 29.5 Å². The fraction of sp³-hybridized carbons (Fsp3) is 0.474. The fourth-order valence-electron chi connectivity index (χ4n) is 3.55. The third kappa shape index (κ3) is 2.95. The number of benzene rings is 1. The van der Waals surface area contributed by atoms with E-state index in [1.807, 2.05) is 30.3 Å². The molecule has 4 heteroatoms. The number of nitrogens with zero attached hydrogens (tertiary/aromatic N) is 1. The summed E-state index contributed by atoms with van der Waals surface area (Å²) in [5.74, 6) is 0.655. The van der Waals surface area contributed by atoms with Crippen LogP contribution in [-0.2, 0) is 0 Å². The van der Waals surface area contributed by atoms with Gasteiger partial charge in [0.1, 0.15) is 0 Å². The molecule has 2 fully saturated rings. The van der Waals surface area contributed by atoms with Crippen molar-refractivity contribution in [3.8, 4) is 0 Å². The summed E-state index contributed by atoms with van der Waals surface area (Å²) in [7, 11) is 0. The molecular formula is C19H22N2O2. The number of carbonyl (C=O) groups is 1. The molecule has 0 radical (unpaired) electrons. The molecule has 23 heavy (non-hydrogen) atoms. The third-order valence-corrected chi connectivity index (χ3v) is 5.12. The van der Waals surface area contributed by atoms with Crippen molar-refractivity contribution in [2.24, 2.45) is 5.92 Å². The first-order valence-electron chi connectivity index (χ1n) is 8.58. The average molecular weight is 310 g/mol. The third-order valence-electron chi connectivity index (χ3n) is 5.12. The second-order valence-electron chi connectivity index (χ2n) is 6.85. The Kier molecular flexibility index (Phi) is 3.77. The molecule has 1 heterocycles. The van der Waals surface area contributed by atoms with Crippen molar-refractivity contribution < 1.29 is 9.90 Å². The minimum absolute atomic E-state index is 0.0513. The van der Waals surface area contributed by atoms with E-state index in [4.69, 9.17) is 4.98 Å². The number of rotatable bonds is 4. The summed E-state index contributed by atoms with van der Waals surface area (Å²) in [6.07, 6.45) is 4.95. The number of aromatic nitrogens is 1. The van der Waals surface area contributed by atoms with E-state index < -0.39 is 0 Å². The average Bonchev–Trinajstić information content (AvgIpc) is 3.34. The Morgan fingerprint density at radius 2 is 2.04 bits per heavy atom. The monoisotopic (exact) mass is 310 g/mol. The number of aliphatic hydroxyl groups is 1. The van der Waals surface area contributed by atoms with Crippen LogP contribution < -0.4 is 5.32 Å². The highest BCUT2D eigenvalue weighted by molar-refractivity contribution is 6.06. The molecule has 2 unspecified atom stereocenters. The van der Waals surface area contributed by atoms with Gasteiger partial charge < -0.3 is 10.4 Å². The molecule has 1 amide bonds. The van der Waals surface area contributed by atoms with Crippen molar-refractivity contribution in [2.75, 3.05) is 6.54 Å². The number of fused-ring (bicyclic) bond motifs is 1. The normalized spacial score (nSPS) is 24.0. The number of hydrogen-bond donors (Lipinski definition) is 2. The Bertz CT molecular complexity index is 739. The van der Waals surface area contributed by atoms with E-state index in [0.717, 1.165) is 35.9 Å². The van der Waals surface area contributed by atoms with Crippen LogP contribution in [0.3, 0.4) is 0 Å². The molecule has 2 atom stereocenters. The second-order valence-corrected chi connectivity index (χ2v) is 6.85. The predicted molar refractivity (Wildman–Crippen MR) is 89.4 cm³/mol. The number of hydrogen-bond acceptors (Lipinski definition) is 3. The van der Waals surface area contributed by atoms with Gasteiger partial charge in [-0.3, -0.25) is 9.78 Å². The van der Waals surface area contributed by atoms with Crippen molar-refractivity contribution in [2.45, 2.75) is 44.1 Å². The van der Waals surface area contributed by atoms with E-state index >= 15 is 0 Å². The standard InChI is InChI=1S/C19H22N2O2/c22-18-7-3-4-13(18)11-20-19(23)15-10-17(12-8-9-12)21-16-6-2-1-5-14(15)16/h1-2,5-6,10,12-13,18,22H,3-4,7-9,11H2,(H,20,23). The first-order chi connectivity index (χ1) is 11.2. The zero-order valence-corrected chi connectivity index (χ0v) is 13.2. The molecule has 120 valence electrons. The molecule has 2 aliphatic rings. The first kappa shape index (κ1) is 14.6. The smallest absolute Gasteiger partial charge is 0.252 e. The Hall–Kier alpha value is -1.94. The SMILES string of the molecule is O=C(NCC1CCCC1O)c1cc(C2CC2)nc2ccccc12. The van der Waals surface area contributed by atoms with Crippen LogP contribution in [-0.4, -0.2) is 28.6 Å². The van der Waals surface area contributed by atoms with Crippen molar-refractivity contribution in [3.63, 3.8) is 0 Å². The van der Waals surface area contributed by atoms with Gasteiger partial charge in [0.2, 0.25) is 0 Å². The van der Waals surface area contributed by atoms with E-state index in [2.05, 4.69) is 5.32 Å². The number of para-hydroxylation sites is 1. The van der Waals surface area contributed by atoms with Gasteiger partial charge >= 0.3 is 0 Å². The number of carbonyl (C=O) groups excluding carboxylic acids is 1. The summed E-state index contributed by atoms with van der Waals surface area (Å²) < 4.78 is 0. The van der Waals surface area contributed by atoms with Crippen LogP contribution in [0.2, 0.25) is 0 Å². The highest BCUT2D eigenvalue weighted by Crippen LogP contribution is 2.40. The first-order valence-corrected chi connectivity index (χ1v) is 8.58. The van der Waals surface area contributed by atoms with Gasteiger partial charge in [0.25, 0.3) is 5.91 Å². The largest absolute Gasteiger partial charge is 0.393 e. The summed E-state index contributed by atoms with van der Waals surface area (Å²) >= 11 is 0. The van der Waals surface area contributed by atoms with Gasteiger partial charge in [-0.1, -0.05) is 24.6 Å². The zero-order valence-electron chi connectivity index (χ0n) is 13.2. The quantitative estimate of drug-likeness (QED) is 0.912. The second kappa shape index (κ2) is 5.93. The van der Waals surface area contributed by atoms with Crippen LogP contribution >= 0.6 is 0 Å². The van der Waals surface area contributed by atoms with E-state index in [9.17, 15) is 9.90 Å². The van der Waals surface area contributed by atoms with Crippen molar-refractivity contribution >= 4 is 16.8 Å². The Balaban J connectivity index is 1.60. The maximum absolute atomic E-state index is 12.7. The lowest BCUT2D eigenvalue weighted by Gasteiger charge is -2.16. The van der Waals surface area contributed by atoms with Crippen LogP contribution in [0.1, 0.15) is 54.1 Å². The lowest BCUT2D eigenvalue weighted by Crippen LogP contribution is -2.32. The highest BCUT2D eigenvalue weighted by atomic mass is 16.3. The van der Waals surface area contributed by atoms with Crippen molar-refractivity contribution in [1.29, 1.82) is 0 Å². The van der Waals surface area contributed by atoms with E-state index in [1.165, 1.54) is 12.8 Å². The molecule has 4 nitrogen and oxygen atoms in total. The molecule has 2 aliphatic carbocycles. The fourth-order valence-corrected chi connectivity index (χ4v) is 3.55. The molecule has 2 N–H and O–H groups in total. The van der Waals surface area contributed by atoms with Gasteiger partial charge in [-0.15, -0.1) is 0 Å². The minimum atomic E-state index is -0.272. The van der Waals surface area contributed by atoms with Gasteiger partial charge in [-0.05, 0) is 37.8 Å². The minimum Gasteiger partial charge on any atom is -0.393 e. The summed E-state index contributed by atoms with van der Waals surface area (Å²) in [6.45, 7) is 0.551. The maximum Gasteiger partial charge on any atom is 0.252 e. The topological polar surface area (TPSA) is 62.2 Å². The molecule has 0 saturated heterocycles. The number of nitrogens with one attached hydrogen (secondary N) is 1. The van der Waals surface area contributed by atoms with E-state index in [0.29, 0.717) is 18.0 Å².